The van der Waals surface area contributed by atoms with Crippen molar-refractivity contribution in [3.63, 3.8) is 0 Å². The van der Waals surface area contributed by atoms with Gasteiger partial charge in [0.05, 0.1) is 6.20 Å². The molecule has 0 spiro atoms. The fourth-order valence-corrected chi connectivity index (χ4v) is 3.80. The highest BCUT2D eigenvalue weighted by atomic mass is 16.1. The lowest BCUT2D eigenvalue weighted by atomic mass is 9.96. The highest BCUT2D eigenvalue weighted by molar-refractivity contribution is 5.80. The lowest BCUT2D eigenvalue weighted by molar-refractivity contribution is -0.122. The Morgan fingerprint density at radius 1 is 1.15 bits per heavy atom. The van der Waals surface area contributed by atoms with E-state index < -0.39 is 0 Å². The summed E-state index contributed by atoms with van der Waals surface area (Å²) < 4.78 is 2.14. The van der Waals surface area contributed by atoms with Crippen molar-refractivity contribution in [2.24, 2.45) is 11.8 Å². The molecule has 26 heavy (non-hydrogen) atoms. The maximum atomic E-state index is 11.6. The van der Waals surface area contributed by atoms with Gasteiger partial charge >= 0.3 is 0 Å². The molecule has 0 radical (unpaired) electrons. The van der Waals surface area contributed by atoms with Gasteiger partial charge in [0.25, 0.3) is 0 Å². The van der Waals surface area contributed by atoms with Crippen molar-refractivity contribution in [1.82, 2.24) is 14.7 Å². The molecule has 4 nitrogen and oxygen atoms in total. The molecule has 0 amide bonds. The minimum atomic E-state index is 0.208. The van der Waals surface area contributed by atoms with Crippen LogP contribution in [0.5, 0.6) is 0 Å². The van der Waals surface area contributed by atoms with Crippen LogP contribution in [0.3, 0.4) is 0 Å². The largest absolute Gasteiger partial charge is 0.303 e. The van der Waals surface area contributed by atoms with Gasteiger partial charge in [-0.1, -0.05) is 40.0 Å². The number of ketones is 1. The van der Waals surface area contributed by atoms with E-state index >= 15 is 0 Å². The summed E-state index contributed by atoms with van der Waals surface area (Å²) in [5, 5.41) is 4.49. The predicted molar refractivity (Wildman–Crippen MR) is 108 cm³/mol. The van der Waals surface area contributed by atoms with E-state index in [4.69, 9.17) is 0 Å². The summed E-state index contributed by atoms with van der Waals surface area (Å²) in [6.07, 6.45) is 14.9. The third kappa shape index (κ3) is 7.61. The van der Waals surface area contributed by atoms with Crippen LogP contribution >= 0.6 is 0 Å². The Morgan fingerprint density at radius 2 is 1.85 bits per heavy atom. The average Bonchev–Trinajstić information content (AvgIpc) is 3.09. The molecule has 2 rings (SSSR count). The van der Waals surface area contributed by atoms with E-state index in [1.807, 2.05) is 20.0 Å². The highest BCUT2D eigenvalue weighted by Crippen LogP contribution is 2.20. The smallest absolute Gasteiger partial charge is 0.135 e. The summed E-state index contributed by atoms with van der Waals surface area (Å²) in [6, 6.07) is 0. The van der Waals surface area contributed by atoms with Crippen molar-refractivity contribution < 1.29 is 4.79 Å². The Morgan fingerprint density at radius 3 is 2.50 bits per heavy atom. The number of nitrogens with zero attached hydrogens (tertiary/aromatic N) is 3. The van der Waals surface area contributed by atoms with Gasteiger partial charge in [0.1, 0.15) is 5.78 Å². The first kappa shape index (κ1) is 21.1. The van der Waals surface area contributed by atoms with Crippen molar-refractivity contribution in [3.05, 3.63) is 18.0 Å². The predicted octanol–water partition coefficient (Wildman–Crippen LogP) is 4.72. The topological polar surface area (TPSA) is 38.1 Å². The summed E-state index contributed by atoms with van der Waals surface area (Å²) >= 11 is 0. The monoisotopic (exact) mass is 361 g/mol. The van der Waals surface area contributed by atoms with E-state index in [1.54, 1.807) is 0 Å². The number of rotatable bonds is 12. The van der Waals surface area contributed by atoms with E-state index in [9.17, 15) is 4.79 Å². The molecule has 0 N–H and O–H groups in total. The van der Waals surface area contributed by atoms with Gasteiger partial charge in [0.2, 0.25) is 0 Å². The summed E-state index contributed by atoms with van der Waals surface area (Å²) in [5.41, 5.74) is 1.34. The molecule has 4 heteroatoms. The van der Waals surface area contributed by atoms with Crippen molar-refractivity contribution in [2.45, 2.75) is 85.1 Å². The molecular formula is C22H39N3O. The Bertz CT molecular complexity index is 515. The number of carbonyl (C=O) groups is 1. The molecule has 1 aliphatic heterocycles. The number of likely N-dealkylation sites (tertiary alicyclic amines) is 1. The molecule has 0 aliphatic carbocycles. The third-order valence-electron chi connectivity index (χ3n) is 5.79. The van der Waals surface area contributed by atoms with Gasteiger partial charge in [-0.25, -0.2) is 0 Å². The first-order chi connectivity index (χ1) is 12.6. The first-order valence-corrected chi connectivity index (χ1v) is 10.8. The molecule has 1 saturated heterocycles. The van der Waals surface area contributed by atoms with E-state index in [1.165, 1.54) is 63.7 Å². The van der Waals surface area contributed by atoms with E-state index in [-0.39, 0.29) is 5.92 Å². The number of piperidine rings is 1. The second-order valence-corrected chi connectivity index (χ2v) is 8.35. The van der Waals surface area contributed by atoms with Crippen LogP contribution < -0.4 is 0 Å². The molecule has 1 aromatic heterocycles. The number of hydrogen-bond acceptors (Lipinski definition) is 3. The Labute approximate surface area is 160 Å². The zero-order valence-corrected chi connectivity index (χ0v) is 17.3. The van der Waals surface area contributed by atoms with Crippen LogP contribution in [0.15, 0.2) is 12.4 Å². The van der Waals surface area contributed by atoms with Crippen LogP contribution in [0.1, 0.15) is 77.7 Å². The molecule has 0 unspecified atom stereocenters. The Hall–Kier alpha value is -1.16. The molecule has 0 bridgehead atoms. The second kappa shape index (κ2) is 11.5. The van der Waals surface area contributed by atoms with Gasteiger partial charge < -0.3 is 4.90 Å². The standard InChI is InChI=1S/C22H39N3O/c1-4-20-16-23-25(17-20)18-21-11-14-24(15-12-21)13-9-7-5-6-8-10-22(26)19(2)3/h16-17,19,21H,4-15,18H2,1-3H3. The van der Waals surface area contributed by atoms with E-state index in [0.29, 0.717) is 5.78 Å². The molecule has 1 fully saturated rings. The summed E-state index contributed by atoms with van der Waals surface area (Å²) in [4.78, 5) is 14.2. The molecule has 1 aromatic rings. The summed E-state index contributed by atoms with van der Waals surface area (Å²) in [7, 11) is 0. The van der Waals surface area contributed by atoms with Gasteiger partial charge in [-0.3, -0.25) is 9.48 Å². The fourth-order valence-electron chi connectivity index (χ4n) is 3.80. The van der Waals surface area contributed by atoms with Gasteiger partial charge in [-0.15, -0.1) is 0 Å². The van der Waals surface area contributed by atoms with Gasteiger partial charge in [-0.2, -0.15) is 5.10 Å². The minimum Gasteiger partial charge on any atom is -0.303 e. The van der Waals surface area contributed by atoms with Gasteiger partial charge in [-0.05, 0) is 63.2 Å². The number of unbranched alkanes of at least 4 members (excludes halogenated alkanes) is 4. The number of aromatic nitrogens is 2. The number of aryl methyl sites for hydroxylation is 1. The SMILES string of the molecule is CCc1cnn(CC2CCN(CCCCCCCC(=O)C(C)C)CC2)c1. The maximum absolute atomic E-state index is 11.6. The number of Topliss-reactive ketones (excluding diaryl/α,β-unsaturated/α-hetero) is 1. The third-order valence-corrected chi connectivity index (χ3v) is 5.79. The minimum absolute atomic E-state index is 0.208. The van der Waals surface area contributed by atoms with Crippen molar-refractivity contribution in [3.8, 4) is 0 Å². The quantitative estimate of drug-likeness (QED) is 0.505. The zero-order chi connectivity index (χ0) is 18.8. The van der Waals surface area contributed by atoms with E-state index in [2.05, 4.69) is 27.8 Å². The van der Waals surface area contributed by atoms with Crippen molar-refractivity contribution >= 4 is 5.78 Å². The lowest BCUT2D eigenvalue weighted by Crippen LogP contribution is -2.35. The molecular weight excluding hydrogens is 322 g/mol. The summed E-state index contributed by atoms with van der Waals surface area (Å²) in [5.74, 6) is 1.42. The highest BCUT2D eigenvalue weighted by Gasteiger charge is 2.19. The normalized spacial score (nSPS) is 16.5. The Kier molecular flexibility index (Phi) is 9.38. The lowest BCUT2D eigenvalue weighted by Gasteiger charge is -2.31. The average molecular weight is 362 g/mol. The molecule has 2 heterocycles. The zero-order valence-electron chi connectivity index (χ0n) is 17.3. The van der Waals surface area contributed by atoms with Crippen LogP contribution in [0.25, 0.3) is 0 Å². The van der Waals surface area contributed by atoms with Gasteiger partial charge in [0, 0.05) is 25.1 Å². The van der Waals surface area contributed by atoms with Crippen LogP contribution in [-0.4, -0.2) is 40.1 Å². The molecule has 1 aliphatic rings. The fraction of sp³-hybridized carbons (Fsp3) is 0.818. The second-order valence-electron chi connectivity index (χ2n) is 8.35. The van der Waals surface area contributed by atoms with Crippen LogP contribution in [0, 0.1) is 11.8 Å². The van der Waals surface area contributed by atoms with Crippen LogP contribution in [-0.2, 0) is 17.8 Å². The van der Waals surface area contributed by atoms with Crippen molar-refractivity contribution in [1.29, 1.82) is 0 Å². The molecule has 148 valence electrons. The number of carbonyl (C=O) groups excluding carboxylic acids is 1. The van der Waals surface area contributed by atoms with Crippen LogP contribution in [0.4, 0.5) is 0 Å². The molecule has 0 saturated carbocycles. The van der Waals surface area contributed by atoms with E-state index in [0.717, 1.165) is 31.7 Å². The number of hydrogen-bond donors (Lipinski definition) is 0. The molecule has 0 atom stereocenters. The first-order valence-electron chi connectivity index (χ1n) is 10.8. The van der Waals surface area contributed by atoms with Crippen molar-refractivity contribution in [2.75, 3.05) is 19.6 Å². The van der Waals surface area contributed by atoms with Gasteiger partial charge in [0.15, 0.2) is 0 Å². The Balaban J connectivity index is 1.48. The maximum Gasteiger partial charge on any atom is 0.135 e. The molecule has 0 aromatic carbocycles. The van der Waals surface area contributed by atoms with Crippen LogP contribution in [0.2, 0.25) is 0 Å². The summed E-state index contributed by atoms with van der Waals surface area (Å²) in [6.45, 7) is 11.0.